The SMILES string of the molecule is CC(C)N(CCC#N)C(=O)C1CCCC1C(=O)O. The molecule has 0 radical (unpaired) electrons. The number of amides is 1. The van der Waals surface area contributed by atoms with Crippen molar-refractivity contribution in [2.45, 2.75) is 45.6 Å². The van der Waals surface area contributed by atoms with E-state index in [2.05, 4.69) is 0 Å². The van der Waals surface area contributed by atoms with E-state index in [9.17, 15) is 9.59 Å². The Balaban J connectivity index is 2.76. The first kappa shape index (κ1) is 14.5. The van der Waals surface area contributed by atoms with E-state index < -0.39 is 17.8 Å². The summed E-state index contributed by atoms with van der Waals surface area (Å²) >= 11 is 0. The topological polar surface area (TPSA) is 81.4 Å². The van der Waals surface area contributed by atoms with Gasteiger partial charge in [0.05, 0.1) is 24.3 Å². The van der Waals surface area contributed by atoms with Crippen molar-refractivity contribution in [2.75, 3.05) is 6.54 Å². The molecule has 0 saturated heterocycles. The van der Waals surface area contributed by atoms with Gasteiger partial charge in [0.2, 0.25) is 5.91 Å². The molecular weight excluding hydrogens is 232 g/mol. The van der Waals surface area contributed by atoms with Crippen LogP contribution >= 0.6 is 0 Å². The molecule has 0 aromatic rings. The summed E-state index contributed by atoms with van der Waals surface area (Å²) in [7, 11) is 0. The van der Waals surface area contributed by atoms with E-state index in [0.717, 1.165) is 6.42 Å². The van der Waals surface area contributed by atoms with Crippen molar-refractivity contribution < 1.29 is 14.7 Å². The predicted octanol–water partition coefficient (Wildman–Crippen LogP) is 1.64. The summed E-state index contributed by atoms with van der Waals surface area (Å²) in [5.41, 5.74) is 0. The van der Waals surface area contributed by atoms with Gasteiger partial charge in [-0.05, 0) is 26.7 Å². The summed E-state index contributed by atoms with van der Waals surface area (Å²) in [6.07, 6.45) is 2.30. The number of rotatable bonds is 5. The summed E-state index contributed by atoms with van der Waals surface area (Å²) in [4.78, 5) is 25.1. The van der Waals surface area contributed by atoms with Crippen molar-refractivity contribution in [3.05, 3.63) is 0 Å². The molecule has 1 N–H and O–H groups in total. The molecule has 1 amide bonds. The van der Waals surface area contributed by atoms with Gasteiger partial charge in [0, 0.05) is 12.6 Å². The van der Waals surface area contributed by atoms with Gasteiger partial charge in [0.1, 0.15) is 0 Å². The minimum Gasteiger partial charge on any atom is -0.481 e. The fourth-order valence-electron chi connectivity index (χ4n) is 2.56. The first-order valence-corrected chi connectivity index (χ1v) is 6.39. The third kappa shape index (κ3) is 3.22. The molecule has 0 heterocycles. The van der Waals surface area contributed by atoms with Gasteiger partial charge in [-0.3, -0.25) is 9.59 Å². The monoisotopic (exact) mass is 252 g/mol. The molecule has 1 aliphatic rings. The number of carbonyl (C=O) groups excluding carboxylic acids is 1. The summed E-state index contributed by atoms with van der Waals surface area (Å²) in [5.74, 6) is -1.95. The molecule has 5 heteroatoms. The molecule has 5 nitrogen and oxygen atoms in total. The lowest BCUT2D eigenvalue weighted by Crippen LogP contribution is -2.43. The van der Waals surface area contributed by atoms with Crippen LogP contribution in [-0.2, 0) is 9.59 Å². The maximum absolute atomic E-state index is 12.4. The highest BCUT2D eigenvalue weighted by molar-refractivity contribution is 5.85. The van der Waals surface area contributed by atoms with Crippen LogP contribution in [-0.4, -0.2) is 34.5 Å². The van der Waals surface area contributed by atoms with E-state index in [1.807, 2.05) is 19.9 Å². The van der Waals surface area contributed by atoms with Crippen molar-refractivity contribution >= 4 is 11.9 Å². The first-order valence-electron chi connectivity index (χ1n) is 6.39. The summed E-state index contributed by atoms with van der Waals surface area (Å²) in [6.45, 7) is 4.16. The minimum absolute atomic E-state index is 0.000829. The fourth-order valence-corrected chi connectivity index (χ4v) is 2.56. The van der Waals surface area contributed by atoms with Crippen LogP contribution in [0.4, 0.5) is 0 Å². The van der Waals surface area contributed by atoms with E-state index in [-0.39, 0.29) is 18.4 Å². The highest BCUT2D eigenvalue weighted by Gasteiger charge is 2.40. The van der Waals surface area contributed by atoms with Crippen LogP contribution in [0.1, 0.15) is 39.5 Å². The van der Waals surface area contributed by atoms with Crippen LogP contribution < -0.4 is 0 Å². The van der Waals surface area contributed by atoms with E-state index in [1.165, 1.54) is 0 Å². The lowest BCUT2D eigenvalue weighted by Gasteiger charge is -2.30. The lowest BCUT2D eigenvalue weighted by atomic mass is 9.94. The lowest BCUT2D eigenvalue weighted by molar-refractivity contribution is -0.149. The van der Waals surface area contributed by atoms with E-state index in [0.29, 0.717) is 19.4 Å². The normalized spacial score (nSPS) is 22.8. The standard InChI is InChI=1S/C13H20N2O3/c1-9(2)15(8-4-7-14)12(16)10-5-3-6-11(10)13(17)18/h9-11H,3-6,8H2,1-2H3,(H,17,18). The van der Waals surface area contributed by atoms with E-state index in [1.54, 1.807) is 4.90 Å². The summed E-state index contributed by atoms with van der Waals surface area (Å²) in [6, 6.07) is 2.02. The maximum atomic E-state index is 12.4. The third-order valence-electron chi connectivity index (χ3n) is 3.52. The van der Waals surface area contributed by atoms with E-state index >= 15 is 0 Å². The zero-order chi connectivity index (χ0) is 13.7. The Labute approximate surface area is 107 Å². The van der Waals surface area contributed by atoms with Gasteiger partial charge < -0.3 is 10.0 Å². The average molecular weight is 252 g/mol. The highest BCUT2D eigenvalue weighted by atomic mass is 16.4. The van der Waals surface area contributed by atoms with Gasteiger partial charge in [-0.25, -0.2) is 0 Å². The minimum atomic E-state index is -0.880. The fraction of sp³-hybridized carbons (Fsp3) is 0.769. The molecule has 1 fully saturated rings. The number of carboxylic acids is 1. The Kier molecular flexibility index (Phi) is 5.14. The van der Waals surface area contributed by atoms with Crippen LogP contribution in [0.3, 0.4) is 0 Å². The maximum Gasteiger partial charge on any atom is 0.307 e. The van der Waals surface area contributed by atoms with Crippen LogP contribution in [0.2, 0.25) is 0 Å². The zero-order valence-electron chi connectivity index (χ0n) is 10.9. The molecule has 1 saturated carbocycles. The molecule has 0 aromatic heterocycles. The predicted molar refractivity (Wildman–Crippen MR) is 65.5 cm³/mol. The second-order valence-electron chi connectivity index (χ2n) is 5.02. The second kappa shape index (κ2) is 6.39. The van der Waals surface area contributed by atoms with Crippen molar-refractivity contribution in [3.8, 4) is 6.07 Å². The third-order valence-corrected chi connectivity index (χ3v) is 3.52. The quantitative estimate of drug-likeness (QED) is 0.806. The van der Waals surface area contributed by atoms with Crippen LogP contribution in [0.5, 0.6) is 0 Å². The molecule has 1 rings (SSSR count). The van der Waals surface area contributed by atoms with Crippen molar-refractivity contribution in [2.24, 2.45) is 11.8 Å². The molecule has 2 unspecified atom stereocenters. The smallest absolute Gasteiger partial charge is 0.307 e. The number of nitrogens with zero attached hydrogens (tertiary/aromatic N) is 2. The van der Waals surface area contributed by atoms with Crippen molar-refractivity contribution in [1.29, 1.82) is 5.26 Å². The largest absolute Gasteiger partial charge is 0.481 e. The zero-order valence-corrected chi connectivity index (χ0v) is 10.9. The second-order valence-corrected chi connectivity index (χ2v) is 5.02. The van der Waals surface area contributed by atoms with Gasteiger partial charge in [0.15, 0.2) is 0 Å². The van der Waals surface area contributed by atoms with Crippen LogP contribution in [0.25, 0.3) is 0 Å². The highest BCUT2D eigenvalue weighted by Crippen LogP contribution is 2.33. The molecule has 2 atom stereocenters. The molecule has 100 valence electrons. The number of nitriles is 1. The first-order chi connectivity index (χ1) is 8.49. The summed E-state index contributed by atoms with van der Waals surface area (Å²) < 4.78 is 0. The molecular formula is C13H20N2O3. The number of carbonyl (C=O) groups is 2. The van der Waals surface area contributed by atoms with Crippen molar-refractivity contribution in [3.63, 3.8) is 0 Å². The van der Waals surface area contributed by atoms with E-state index in [4.69, 9.17) is 10.4 Å². The van der Waals surface area contributed by atoms with Crippen molar-refractivity contribution in [1.82, 2.24) is 4.90 Å². The average Bonchev–Trinajstić information content (AvgIpc) is 2.77. The number of hydrogen-bond donors (Lipinski definition) is 1. The van der Waals surface area contributed by atoms with Gasteiger partial charge in [-0.2, -0.15) is 5.26 Å². The van der Waals surface area contributed by atoms with Gasteiger partial charge in [-0.15, -0.1) is 0 Å². The Hall–Kier alpha value is -1.57. The van der Waals surface area contributed by atoms with Crippen LogP contribution in [0.15, 0.2) is 0 Å². The van der Waals surface area contributed by atoms with Crippen LogP contribution in [0, 0.1) is 23.2 Å². The number of aliphatic carboxylic acids is 1. The Morgan fingerprint density at radius 3 is 2.50 bits per heavy atom. The van der Waals surface area contributed by atoms with Gasteiger partial charge >= 0.3 is 5.97 Å². The molecule has 1 aliphatic carbocycles. The van der Waals surface area contributed by atoms with Gasteiger partial charge in [0.25, 0.3) is 0 Å². The molecule has 0 aliphatic heterocycles. The van der Waals surface area contributed by atoms with Gasteiger partial charge in [-0.1, -0.05) is 6.42 Å². The molecule has 0 bridgehead atoms. The number of carboxylic acid groups (broad SMARTS) is 1. The molecule has 0 aromatic carbocycles. The molecule has 0 spiro atoms. The summed E-state index contributed by atoms with van der Waals surface area (Å²) in [5, 5.41) is 17.7. The Bertz CT molecular complexity index is 360. The number of hydrogen-bond acceptors (Lipinski definition) is 3. The molecule has 18 heavy (non-hydrogen) atoms. The Morgan fingerprint density at radius 1 is 1.39 bits per heavy atom. The Morgan fingerprint density at radius 2 is 2.00 bits per heavy atom.